The third-order valence-electron chi connectivity index (χ3n) is 3.89. The molecule has 1 aliphatic rings. The summed E-state index contributed by atoms with van der Waals surface area (Å²) in [5, 5.41) is 3.31. The van der Waals surface area contributed by atoms with Gasteiger partial charge in [-0.2, -0.15) is 0 Å². The standard InChI is InChI=1S/C15H27N5/c1-6-16-13-9-14(18-15(17-13)11(2)3)20-8-7-19(5)12(4)10-20/h9,11-12H,6-8,10H2,1-5H3,(H,16,17,18). The van der Waals surface area contributed by atoms with E-state index in [0.717, 1.165) is 43.6 Å². The number of hydrogen-bond donors (Lipinski definition) is 1. The molecule has 2 rings (SSSR count). The summed E-state index contributed by atoms with van der Waals surface area (Å²) in [5.74, 6) is 3.26. The third-order valence-corrected chi connectivity index (χ3v) is 3.89. The molecule has 1 atom stereocenters. The Labute approximate surface area is 122 Å². The highest BCUT2D eigenvalue weighted by atomic mass is 15.3. The first-order chi connectivity index (χ1) is 9.51. The van der Waals surface area contributed by atoms with Crippen molar-refractivity contribution in [3.63, 3.8) is 0 Å². The molecule has 1 aliphatic heterocycles. The summed E-state index contributed by atoms with van der Waals surface area (Å²) in [6.07, 6.45) is 0. The Morgan fingerprint density at radius 3 is 2.70 bits per heavy atom. The normalized spacial score (nSPS) is 20.5. The lowest BCUT2D eigenvalue weighted by Crippen LogP contribution is -2.50. The highest BCUT2D eigenvalue weighted by Crippen LogP contribution is 2.22. The fraction of sp³-hybridized carbons (Fsp3) is 0.733. The number of aromatic nitrogens is 2. The van der Waals surface area contributed by atoms with Crippen LogP contribution in [0.1, 0.15) is 39.4 Å². The van der Waals surface area contributed by atoms with Crippen LogP contribution < -0.4 is 10.2 Å². The summed E-state index contributed by atoms with van der Waals surface area (Å²) in [5.41, 5.74) is 0. The molecule has 0 aromatic carbocycles. The Morgan fingerprint density at radius 2 is 2.10 bits per heavy atom. The van der Waals surface area contributed by atoms with Gasteiger partial charge in [0.1, 0.15) is 17.5 Å². The van der Waals surface area contributed by atoms with E-state index < -0.39 is 0 Å². The molecular formula is C15H27N5. The molecule has 1 aromatic heterocycles. The number of piperazine rings is 1. The van der Waals surface area contributed by atoms with E-state index in [1.807, 2.05) is 0 Å². The summed E-state index contributed by atoms with van der Waals surface area (Å²) in [4.78, 5) is 14.1. The third kappa shape index (κ3) is 3.39. The monoisotopic (exact) mass is 277 g/mol. The number of hydrogen-bond acceptors (Lipinski definition) is 5. The van der Waals surface area contributed by atoms with E-state index in [2.05, 4.69) is 60.9 Å². The van der Waals surface area contributed by atoms with Crippen molar-refractivity contribution in [1.82, 2.24) is 14.9 Å². The topological polar surface area (TPSA) is 44.3 Å². The van der Waals surface area contributed by atoms with Crippen LogP contribution in [0.5, 0.6) is 0 Å². The Bertz CT molecular complexity index is 446. The fourth-order valence-corrected chi connectivity index (χ4v) is 2.40. The largest absolute Gasteiger partial charge is 0.370 e. The second-order valence-corrected chi connectivity index (χ2v) is 5.93. The van der Waals surface area contributed by atoms with Crippen molar-refractivity contribution in [1.29, 1.82) is 0 Å². The van der Waals surface area contributed by atoms with Gasteiger partial charge in [0.15, 0.2) is 0 Å². The summed E-state index contributed by atoms with van der Waals surface area (Å²) >= 11 is 0. The van der Waals surface area contributed by atoms with Gasteiger partial charge in [0.05, 0.1) is 0 Å². The molecule has 1 saturated heterocycles. The summed E-state index contributed by atoms with van der Waals surface area (Å²) < 4.78 is 0. The van der Waals surface area contributed by atoms with Gasteiger partial charge in [-0.3, -0.25) is 0 Å². The van der Waals surface area contributed by atoms with Crippen LogP contribution >= 0.6 is 0 Å². The van der Waals surface area contributed by atoms with Gasteiger partial charge < -0.3 is 15.1 Å². The second kappa shape index (κ2) is 6.39. The van der Waals surface area contributed by atoms with Crippen LogP contribution in [0.3, 0.4) is 0 Å². The first kappa shape index (κ1) is 15.0. The average molecular weight is 277 g/mol. The predicted molar refractivity (Wildman–Crippen MR) is 84.6 cm³/mol. The van der Waals surface area contributed by atoms with Gasteiger partial charge in [0.2, 0.25) is 0 Å². The van der Waals surface area contributed by atoms with Crippen molar-refractivity contribution in [2.75, 3.05) is 43.4 Å². The molecule has 2 heterocycles. The SMILES string of the molecule is CCNc1cc(N2CCN(C)C(C)C2)nc(C(C)C)n1. The van der Waals surface area contributed by atoms with Gasteiger partial charge in [0.25, 0.3) is 0 Å². The highest BCUT2D eigenvalue weighted by Gasteiger charge is 2.22. The first-order valence-electron chi connectivity index (χ1n) is 7.59. The van der Waals surface area contributed by atoms with Crippen LogP contribution in [0.2, 0.25) is 0 Å². The zero-order chi connectivity index (χ0) is 14.7. The molecule has 0 bridgehead atoms. The van der Waals surface area contributed by atoms with Gasteiger partial charge in [-0.1, -0.05) is 13.8 Å². The van der Waals surface area contributed by atoms with E-state index in [4.69, 9.17) is 4.98 Å². The number of anilines is 2. The van der Waals surface area contributed by atoms with Crippen molar-refractivity contribution in [3.05, 3.63) is 11.9 Å². The minimum absolute atomic E-state index is 0.345. The van der Waals surface area contributed by atoms with Crippen LogP contribution in [0, 0.1) is 0 Å². The molecule has 0 spiro atoms. The van der Waals surface area contributed by atoms with E-state index >= 15 is 0 Å². The summed E-state index contributed by atoms with van der Waals surface area (Å²) in [6.45, 7) is 12.7. The van der Waals surface area contributed by atoms with Gasteiger partial charge >= 0.3 is 0 Å². The molecule has 1 unspecified atom stereocenters. The van der Waals surface area contributed by atoms with Gasteiger partial charge in [-0.05, 0) is 20.9 Å². The van der Waals surface area contributed by atoms with E-state index in [-0.39, 0.29) is 0 Å². The predicted octanol–water partition coefficient (Wildman–Crippen LogP) is 2.17. The Morgan fingerprint density at radius 1 is 1.35 bits per heavy atom. The molecule has 0 aliphatic carbocycles. The number of likely N-dealkylation sites (N-methyl/N-ethyl adjacent to an activating group) is 1. The van der Waals surface area contributed by atoms with E-state index in [9.17, 15) is 0 Å². The van der Waals surface area contributed by atoms with E-state index in [0.29, 0.717) is 12.0 Å². The van der Waals surface area contributed by atoms with Crippen molar-refractivity contribution < 1.29 is 0 Å². The number of nitrogens with zero attached hydrogens (tertiary/aromatic N) is 4. The van der Waals surface area contributed by atoms with E-state index in [1.54, 1.807) is 0 Å². The van der Waals surface area contributed by atoms with Crippen LogP contribution in [0.4, 0.5) is 11.6 Å². The van der Waals surface area contributed by atoms with Crippen molar-refractivity contribution in [3.8, 4) is 0 Å². The molecule has 5 nitrogen and oxygen atoms in total. The number of nitrogens with one attached hydrogen (secondary N) is 1. The molecule has 1 N–H and O–H groups in total. The fourth-order valence-electron chi connectivity index (χ4n) is 2.40. The molecule has 1 fully saturated rings. The van der Waals surface area contributed by atoms with Crippen LogP contribution in [-0.4, -0.2) is 54.1 Å². The molecule has 1 aromatic rings. The Kier molecular flexibility index (Phi) is 4.81. The smallest absolute Gasteiger partial charge is 0.135 e. The van der Waals surface area contributed by atoms with Crippen molar-refractivity contribution in [2.24, 2.45) is 0 Å². The Balaban J connectivity index is 2.25. The number of rotatable bonds is 4. The lowest BCUT2D eigenvalue weighted by molar-refractivity contribution is 0.233. The quantitative estimate of drug-likeness (QED) is 0.914. The van der Waals surface area contributed by atoms with Gasteiger partial charge in [0, 0.05) is 44.2 Å². The molecule has 5 heteroatoms. The van der Waals surface area contributed by atoms with E-state index in [1.165, 1.54) is 0 Å². The molecule has 112 valence electrons. The summed E-state index contributed by atoms with van der Waals surface area (Å²) in [6, 6.07) is 2.64. The molecular weight excluding hydrogens is 250 g/mol. The molecule has 0 amide bonds. The minimum Gasteiger partial charge on any atom is -0.370 e. The van der Waals surface area contributed by atoms with Crippen LogP contribution in [0.25, 0.3) is 0 Å². The van der Waals surface area contributed by atoms with Gasteiger partial charge in [-0.15, -0.1) is 0 Å². The van der Waals surface area contributed by atoms with Crippen molar-refractivity contribution >= 4 is 11.6 Å². The maximum atomic E-state index is 4.75. The van der Waals surface area contributed by atoms with Gasteiger partial charge in [-0.25, -0.2) is 9.97 Å². The van der Waals surface area contributed by atoms with Crippen LogP contribution in [0.15, 0.2) is 6.07 Å². The Hall–Kier alpha value is -1.36. The first-order valence-corrected chi connectivity index (χ1v) is 7.59. The summed E-state index contributed by atoms with van der Waals surface area (Å²) in [7, 11) is 2.19. The second-order valence-electron chi connectivity index (χ2n) is 5.93. The molecule has 20 heavy (non-hydrogen) atoms. The zero-order valence-corrected chi connectivity index (χ0v) is 13.3. The maximum absolute atomic E-state index is 4.75. The lowest BCUT2D eigenvalue weighted by Gasteiger charge is -2.38. The molecule has 0 radical (unpaired) electrons. The highest BCUT2D eigenvalue weighted by molar-refractivity contribution is 5.50. The van der Waals surface area contributed by atoms with Crippen molar-refractivity contribution in [2.45, 2.75) is 39.7 Å². The average Bonchev–Trinajstić information content (AvgIpc) is 2.42. The maximum Gasteiger partial charge on any atom is 0.135 e. The molecule has 0 saturated carbocycles. The zero-order valence-electron chi connectivity index (χ0n) is 13.3. The minimum atomic E-state index is 0.345. The lowest BCUT2D eigenvalue weighted by atomic mass is 10.2. The van der Waals surface area contributed by atoms with Crippen LogP contribution in [-0.2, 0) is 0 Å².